The van der Waals surface area contributed by atoms with E-state index in [1.54, 1.807) is 11.8 Å². The average Bonchev–Trinajstić information content (AvgIpc) is 2.35. The number of rotatable bonds is 3. The summed E-state index contributed by atoms with van der Waals surface area (Å²) in [6.07, 6.45) is 4.59. The third kappa shape index (κ3) is 1.88. The van der Waals surface area contributed by atoms with Crippen molar-refractivity contribution in [2.45, 2.75) is 12.2 Å². The van der Waals surface area contributed by atoms with Crippen LogP contribution in [-0.2, 0) is 9.59 Å². The molecule has 66 valence electrons. The Morgan fingerprint density at radius 3 is 2.33 bits per heavy atom. The van der Waals surface area contributed by atoms with Crippen LogP contribution in [0.25, 0.3) is 0 Å². The van der Waals surface area contributed by atoms with E-state index < -0.39 is 0 Å². The van der Waals surface area contributed by atoms with E-state index in [4.69, 9.17) is 0 Å². The van der Waals surface area contributed by atoms with E-state index in [-0.39, 0.29) is 11.8 Å². The Morgan fingerprint density at radius 2 is 1.92 bits per heavy atom. The van der Waals surface area contributed by atoms with E-state index in [0.717, 1.165) is 0 Å². The topological polar surface area (TPSA) is 37.4 Å². The van der Waals surface area contributed by atoms with Crippen LogP contribution in [0.15, 0.2) is 12.2 Å². The highest BCUT2D eigenvalue weighted by molar-refractivity contribution is 7.99. The first kappa shape index (κ1) is 9.32. The van der Waals surface area contributed by atoms with Crippen LogP contribution >= 0.6 is 11.8 Å². The Hall–Kier alpha value is -0.770. The van der Waals surface area contributed by atoms with Gasteiger partial charge in [0.2, 0.25) is 0 Å². The lowest BCUT2D eigenvalue weighted by Gasteiger charge is -2.17. The molecule has 3 nitrogen and oxygen atoms in total. The highest BCUT2D eigenvalue weighted by Crippen LogP contribution is 2.11. The van der Waals surface area contributed by atoms with E-state index in [0.29, 0.717) is 11.8 Å². The summed E-state index contributed by atoms with van der Waals surface area (Å²) >= 11 is 1.64. The summed E-state index contributed by atoms with van der Waals surface area (Å²) in [6, 6.07) is 0. The summed E-state index contributed by atoms with van der Waals surface area (Å²) < 4.78 is 0. The fourth-order valence-electron chi connectivity index (χ4n) is 0.943. The van der Waals surface area contributed by atoms with Gasteiger partial charge >= 0.3 is 0 Å². The quantitative estimate of drug-likeness (QED) is 0.606. The van der Waals surface area contributed by atoms with Crippen LogP contribution in [0.2, 0.25) is 0 Å². The molecule has 1 aliphatic rings. The largest absolute Gasteiger partial charge is 0.274 e. The van der Waals surface area contributed by atoms with E-state index in [9.17, 15) is 9.59 Å². The van der Waals surface area contributed by atoms with Crippen LogP contribution in [0.1, 0.15) is 6.92 Å². The molecule has 0 aliphatic carbocycles. The highest BCUT2D eigenvalue weighted by Gasteiger charge is 2.24. The van der Waals surface area contributed by atoms with E-state index in [1.165, 1.54) is 17.1 Å². The number of carbonyl (C=O) groups excluding carboxylic acids is 2. The monoisotopic (exact) mass is 185 g/mol. The lowest BCUT2D eigenvalue weighted by atomic mass is 10.4. The first-order valence-corrected chi connectivity index (χ1v) is 5.00. The van der Waals surface area contributed by atoms with Crippen LogP contribution < -0.4 is 0 Å². The second-order valence-electron chi connectivity index (χ2n) is 2.67. The minimum absolute atomic E-state index is 0.194. The van der Waals surface area contributed by atoms with Crippen molar-refractivity contribution in [2.75, 3.05) is 12.8 Å². The lowest BCUT2D eigenvalue weighted by Crippen LogP contribution is -2.34. The van der Waals surface area contributed by atoms with E-state index >= 15 is 0 Å². The molecule has 4 heteroatoms. The zero-order valence-corrected chi connectivity index (χ0v) is 7.93. The van der Waals surface area contributed by atoms with Gasteiger partial charge < -0.3 is 0 Å². The Labute approximate surface area is 75.8 Å². The lowest BCUT2D eigenvalue weighted by molar-refractivity contribution is -0.136. The second-order valence-corrected chi connectivity index (χ2v) is 3.94. The molecule has 1 heterocycles. The molecule has 1 aliphatic heterocycles. The molecule has 0 aromatic heterocycles. The number of hydrogen-bond donors (Lipinski definition) is 0. The molecule has 0 bridgehead atoms. The Balaban J connectivity index is 2.53. The maximum absolute atomic E-state index is 11.0. The first-order chi connectivity index (χ1) is 5.65. The predicted molar refractivity (Wildman–Crippen MR) is 48.8 cm³/mol. The number of carbonyl (C=O) groups is 2. The van der Waals surface area contributed by atoms with Gasteiger partial charge in [0, 0.05) is 23.9 Å². The number of hydrogen-bond acceptors (Lipinski definition) is 3. The molecular formula is C8H11NO2S. The molecule has 2 amide bonds. The molecule has 0 radical (unpaired) electrons. The molecule has 0 aromatic carbocycles. The fraction of sp³-hybridized carbons (Fsp3) is 0.500. The van der Waals surface area contributed by atoms with Gasteiger partial charge in [-0.2, -0.15) is 11.8 Å². The van der Waals surface area contributed by atoms with Gasteiger partial charge in [-0.1, -0.05) is 6.92 Å². The van der Waals surface area contributed by atoms with Crippen molar-refractivity contribution in [1.29, 1.82) is 0 Å². The zero-order chi connectivity index (χ0) is 9.14. The summed E-state index contributed by atoms with van der Waals surface area (Å²) in [5.41, 5.74) is 0. The first-order valence-electron chi connectivity index (χ1n) is 3.71. The van der Waals surface area contributed by atoms with Crippen LogP contribution in [0.4, 0.5) is 0 Å². The second kappa shape index (κ2) is 3.76. The normalized spacial score (nSPS) is 19.0. The number of imide groups is 1. The molecule has 0 aromatic rings. The van der Waals surface area contributed by atoms with Crippen molar-refractivity contribution < 1.29 is 9.59 Å². The number of nitrogens with zero attached hydrogens (tertiary/aromatic N) is 1. The Morgan fingerprint density at radius 1 is 1.42 bits per heavy atom. The fourth-order valence-corrected chi connectivity index (χ4v) is 1.24. The molecule has 0 N–H and O–H groups in total. The van der Waals surface area contributed by atoms with Gasteiger partial charge in [-0.15, -0.1) is 0 Å². The van der Waals surface area contributed by atoms with Crippen molar-refractivity contribution in [1.82, 2.24) is 4.90 Å². The molecule has 0 spiro atoms. The zero-order valence-electron chi connectivity index (χ0n) is 7.11. The van der Waals surface area contributed by atoms with E-state index in [2.05, 4.69) is 0 Å². The molecule has 1 atom stereocenters. The number of thioether (sulfide) groups is 1. The Bertz CT molecular complexity index is 219. The molecule has 0 saturated carbocycles. The van der Waals surface area contributed by atoms with Gasteiger partial charge in [-0.3, -0.25) is 14.5 Å². The summed E-state index contributed by atoms with van der Waals surface area (Å²) in [5.74, 6) is -0.387. The van der Waals surface area contributed by atoms with Crippen LogP contribution in [-0.4, -0.2) is 34.8 Å². The molecule has 0 saturated heterocycles. The third-order valence-corrected chi connectivity index (χ3v) is 2.70. The predicted octanol–water partition coefficient (Wildman–Crippen LogP) is 0.663. The maximum Gasteiger partial charge on any atom is 0.253 e. The molecule has 1 rings (SSSR count). The van der Waals surface area contributed by atoms with Crippen LogP contribution in [0.5, 0.6) is 0 Å². The van der Waals surface area contributed by atoms with Gasteiger partial charge in [0.25, 0.3) is 11.8 Å². The standard InChI is InChI=1S/C8H11NO2S/c1-6(12-2)5-9-7(10)3-4-8(9)11/h3-4,6H,5H2,1-2H3. The summed E-state index contributed by atoms with van der Waals surface area (Å²) in [4.78, 5) is 23.4. The van der Waals surface area contributed by atoms with Gasteiger partial charge in [-0.05, 0) is 6.26 Å². The smallest absolute Gasteiger partial charge is 0.253 e. The van der Waals surface area contributed by atoms with Crippen molar-refractivity contribution in [2.24, 2.45) is 0 Å². The third-order valence-electron chi connectivity index (χ3n) is 1.74. The molecule has 1 unspecified atom stereocenters. The minimum atomic E-state index is -0.194. The van der Waals surface area contributed by atoms with Gasteiger partial charge in [-0.25, -0.2) is 0 Å². The highest BCUT2D eigenvalue weighted by atomic mass is 32.2. The Kier molecular flexibility index (Phi) is 2.92. The van der Waals surface area contributed by atoms with Crippen molar-refractivity contribution in [3.63, 3.8) is 0 Å². The SMILES string of the molecule is CSC(C)CN1C(=O)C=CC1=O. The van der Waals surface area contributed by atoms with Crippen molar-refractivity contribution in [3.05, 3.63) is 12.2 Å². The van der Waals surface area contributed by atoms with Crippen LogP contribution in [0, 0.1) is 0 Å². The summed E-state index contributed by atoms with van der Waals surface area (Å²) in [5, 5.41) is 0.304. The van der Waals surface area contributed by atoms with Crippen molar-refractivity contribution >= 4 is 23.6 Å². The molecule has 0 fully saturated rings. The summed E-state index contributed by atoms with van der Waals surface area (Å²) in [6.45, 7) is 2.50. The molecular weight excluding hydrogens is 174 g/mol. The van der Waals surface area contributed by atoms with Crippen molar-refractivity contribution in [3.8, 4) is 0 Å². The van der Waals surface area contributed by atoms with Gasteiger partial charge in [0.05, 0.1) is 0 Å². The summed E-state index contributed by atoms with van der Waals surface area (Å²) in [7, 11) is 0. The van der Waals surface area contributed by atoms with Crippen LogP contribution in [0.3, 0.4) is 0 Å². The van der Waals surface area contributed by atoms with Gasteiger partial charge in [0.15, 0.2) is 0 Å². The van der Waals surface area contributed by atoms with Gasteiger partial charge in [0.1, 0.15) is 0 Å². The molecule has 12 heavy (non-hydrogen) atoms. The maximum atomic E-state index is 11.0. The average molecular weight is 185 g/mol. The number of amides is 2. The minimum Gasteiger partial charge on any atom is -0.274 e. The van der Waals surface area contributed by atoms with E-state index in [1.807, 2.05) is 13.2 Å².